The molecule has 1 spiro atoms. The number of halogens is 1. The lowest BCUT2D eigenvalue weighted by molar-refractivity contribution is -0.135. The predicted octanol–water partition coefficient (Wildman–Crippen LogP) is 3.27. The average molecular weight is 431 g/mol. The zero-order valence-electron chi connectivity index (χ0n) is 17.3. The standard InChI is InChI=1S/C25H22FN3O3/c26-17-6-2-4-8-19(17)28-23(30)21-20-9-11-25(32-20)14-29(24(31)22(21)25)12-10-15-13-27-18-7-3-1-5-16(15)18/h1-9,11,13,20-22,27H,10,12,14H2,(H,28,30)/t20-,21?,22?,25-/m0/s1. The van der Waals surface area contributed by atoms with Crippen molar-refractivity contribution in [2.24, 2.45) is 11.8 Å². The number of aromatic amines is 1. The van der Waals surface area contributed by atoms with Gasteiger partial charge in [0.2, 0.25) is 11.8 Å². The van der Waals surface area contributed by atoms with Gasteiger partial charge in [0.25, 0.3) is 0 Å². The summed E-state index contributed by atoms with van der Waals surface area (Å²) in [6, 6.07) is 14.1. The van der Waals surface area contributed by atoms with E-state index in [9.17, 15) is 14.0 Å². The van der Waals surface area contributed by atoms with Crippen molar-refractivity contribution >= 4 is 28.4 Å². The molecular weight excluding hydrogens is 409 g/mol. The topological polar surface area (TPSA) is 74.4 Å². The molecule has 162 valence electrons. The number of likely N-dealkylation sites (tertiary alicyclic amines) is 1. The number of carbonyl (C=O) groups excluding carboxylic acids is 2. The molecule has 32 heavy (non-hydrogen) atoms. The lowest BCUT2D eigenvalue weighted by Gasteiger charge is -2.23. The van der Waals surface area contributed by atoms with E-state index in [2.05, 4.69) is 16.4 Å². The van der Waals surface area contributed by atoms with Crippen LogP contribution < -0.4 is 5.32 Å². The number of anilines is 1. The Labute approximate surface area is 184 Å². The zero-order valence-corrected chi connectivity index (χ0v) is 17.3. The molecule has 3 aliphatic heterocycles. The maximum Gasteiger partial charge on any atom is 0.231 e. The van der Waals surface area contributed by atoms with E-state index in [-0.39, 0.29) is 17.5 Å². The Morgan fingerprint density at radius 1 is 1.22 bits per heavy atom. The highest BCUT2D eigenvalue weighted by atomic mass is 19.1. The van der Waals surface area contributed by atoms with E-state index in [4.69, 9.17) is 4.74 Å². The van der Waals surface area contributed by atoms with E-state index >= 15 is 0 Å². The molecule has 0 saturated carbocycles. The van der Waals surface area contributed by atoms with Gasteiger partial charge in [-0.1, -0.05) is 42.5 Å². The minimum absolute atomic E-state index is 0.0784. The molecule has 0 radical (unpaired) electrons. The zero-order chi connectivity index (χ0) is 21.9. The molecule has 4 heterocycles. The van der Waals surface area contributed by atoms with Gasteiger partial charge >= 0.3 is 0 Å². The largest absolute Gasteiger partial charge is 0.361 e. The van der Waals surface area contributed by atoms with Crippen molar-refractivity contribution in [3.63, 3.8) is 0 Å². The molecule has 3 aliphatic rings. The molecule has 2 amide bonds. The number of fused-ring (bicyclic) bond motifs is 2. The molecule has 2 aromatic carbocycles. The SMILES string of the molecule is O=C(Nc1ccccc1F)C1C2C(=O)N(CCc3c[nH]c4ccccc34)C[C@@]23C=C[C@@H]1O3. The normalized spacial score (nSPS) is 28.0. The molecule has 0 aliphatic carbocycles. The summed E-state index contributed by atoms with van der Waals surface area (Å²) >= 11 is 0. The Morgan fingerprint density at radius 2 is 2.03 bits per heavy atom. The van der Waals surface area contributed by atoms with E-state index in [1.165, 1.54) is 12.1 Å². The average Bonchev–Trinajstić information content (AvgIpc) is 3.54. The second kappa shape index (κ2) is 7.03. The molecule has 3 aromatic rings. The van der Waals surface area contributed by atoms with Gasteiger partial charge in [-0.05, 0) is 30.2 Å². The van der Waals surface area contributed by atoms with Gasteiger partial charge in [0, 0.05) is 23.6 Å². The van der Waals surface area contributed by atoms with Crippen LogP contribution in [0.4, 0.5) is 10.1 Å². The maximum absolute atomic E-state index is 14.0. The highest BCUT2D eigenvalue weighted by Gasteiger charge is 2.66. The molecular formula is C25H22FN3O3. The van der Waals surface area contributed by atoms with Gasteiger partial charge < -0.3 is 19.9 Å². The Hall–Kier alpha value is -3.45. The molecule has 2 N–H and O–H groups in total. The lowest BCUT2D eigenvalue weighted by atomic mass is 9.77. The number of ether oxygens (including phenoxy) is 1. The van der Waals surface area contributed by atoms with Crippen molar-refractivity contribution in [1.82, 2.24) is 9.88 Å². The van der Waals surface area contributed by atoms with Crippen LogP contribution in [0.2, 0.25) is 0 Å². The van der Waals surface area contributed by atoms with Crippen LogP contribution >= 0.6 is 0 Å². The van der Waals surface area contributed by atoms with Gasteiger partial charge in [0.1, 0.15) is 11.4 Å². The van der Waals surface area contributed by atoms with Crippen molar-refractivity contribution in [2.45, 2.75) is 18.1 Å². The summed E-state index contributed by atoms with van der Waals surface area (Å²) in [5.41, 5.74) is 1.55. The van der Waals surface area contributed by atoms with Crippen LogP contribution in [-0.2, 0) is 20.7 Å². The number of aromatic nitrogens is 1. The fourth-order valence-electron chi connectivity index (χ4n) is 5.44. The van der Waals surface area contributed by atoms with Crippen molar-refractivity contribution in [3.05, 3.63) is 78.3 Å². The van der Waals surface area contributed by atoms with Crippen LogP contribution in [0.15, 0.2) is 66.9 Å². The third-order valence-corrected chi connectivity index (χ3v) is 6.94. The summed E-state index contributed by atoms with van der Waals surface area (Å²) in [5.74, 6) is -2.24. The van der Waals surface area contributed by atoms with Gasteiger partial charge in [-0.2, -0.15) is 0 Å². The summed E-state index contributed by atoms with van der Waals surface area (Å²) in [6.07, 6.45) is 6.01. The van der Waals surface area contributed by atoms with Gasteiger partial charge in [0.05, 0.1) is 30.2 Å². The molecule has 2 fully saturated rings. The van der Waals surface area contributed by atoms with E-state index in [0.29, 0.717) is 19.5 Å². The first-order chi connectivity index (χ1) is 15.6. The third kappa shape index (κ3) is 2.81. The number of nitrogens with one attached hydrogen (secondary N) is 2. The highest BCUT2D eigenvalue weighted by molar-refractivity contribution is 5.99. The Morgan fingerprint density at radius 3 is 2.91 bits per heavy atom. The van der Waals surface area contributed by atoms with Gasteiger partial charge in [-0.15, -0.1) is 0 Å². The van der Waals surface area contributed by atoms with Crippen molar-refractivity contribution in [2.75, 3.05) is 18.4 Å². The number of para-hydroxylation sites is 2. The minimum Gasteiger partial charge on any atom is -0.361 e. The van der Waals surface area contributed by atoms with Crippen LogP contribution in [0.3, 0.4) is 0 Å². The molecule has 6 nitrogen and oxygen atoms in total. The number of hydrogen-bond acceptors (Lipinski definition) is 3. The van der Waals surface area contributed by atoms with E-state index < -0.39 is 29.4 Å². The van der Waals surface area contributed by atoms with Gasteiger partial charge in [0.15, 0.2) is 0 Å². The smallest absolute Gasteiger partial charge is 0.231 e. The quantitative estimate of drug-likeness (QED) is 0.609. The number of amides is 2. The Kier molecular flexibility index (Phi) is 4.23. The molecule has 1 aromatic heterocycles. The van der Waals surface area contributed by atoms with Crippen molar-refractivity contribution in [3.8, 4) is 0 Å². The van der Waals surface area contributed by atoms with Crippen LogP contribution in [0.5, 0.6) is 0 Å². The van der Waals surface area contributed by atoms with E-state index in [1.807, 2.05) is 36.5 Å². The summed E-state index contributed by atoms with van der Waals surface area (Å²) in [5, 5.41) is 3.80. The molecule has 2 unspecified atom stereocenters. The highest BCUT2D eigenvalue weighted by Crippen LogP contribution is 2.52. The second-order valence-corrected chi connectivity index (χ2v) is 8.74. The molecule has 4 atom stereocenters. The molecule has 2 bridgehead atoms. The number of hydrogen-bond donors (Lipinski definition) is 2. The fraction of sp³-hybridized carbons (Fsp3) is 0.280. The van der Waals surface area contributed by atoms with Crippen LogP contribution in [0, 0.1) is 17.7 Å². The predicted molar refractivity (Wildman–Crippen MR) is 117 cm³/mol. The molecule has 2 saturated heterocycles. The van der Waals surface area contributed by atoms with Gasteiger partial charge in [-0.3, -0.25) is 9.59 Å². The van der Waals surface area contributed by atoms with E-state index in [1.54, 1.807) is 17.0 Å². The van der Waals surface area contributed by atoms with Crippen LogP contribution in [-0.4, -0.2) is 46.5 Å². The number of benzene rings is 2. The fourth-order valence-corrected chi connectivity index (χ4v) is 5.44. The summed E-state index contributed by atoms with van der Waals surface area (Å²) in [4.78, 5) is 31.5. The maximum atomic E-state index is 14.0. The lowest BCUT2D eigenvalue weighted by Crippen LogP contribution is -2.41. The van der Waals surface area contributed by atoms with Gasteiger partial charge in [-0.25, -0.2) is 4.39 Å². The first kappa shape index (κ1) is 19.3. The second-order valence-electron chi connectivity index (χ2n) is 8.74. The van der Waals surface area contributed by atoms with Crippen molar-refractivity contribution in [1.29, 1.82) is 0 Å². The summed E-state index contributed by atoms with van der Waals surface area (Å²) in [7, 11) is 0. The summed E-state index contributed by atoms with van der Waals surface area (Å²) < 4.78 is 20.2. The number of carbonyl (C=O) groups is 2. The van der Waals surface area contributed by atoms with Crippen LogP contribution in [0.1, 0.15) is 5.56 Å². The number of H-pyrrole nitrogens is 1. The van der Waals surface area contributed by atoms with Crippen LogP contribution in [0.25, 0.3) is 10.9 Å². The Bertz CT molecular complexity index is 1270. The first-order valence-electron chi connectivity index (χ1n) is 10.8. The molecule has 7 heteroatoms. The monoisotopic (exact) mass is 431 g/mol. The van der Waals surface area contributed by atoms with Crippen molar-refractivity contribution < 1.29 is 18.7 Å². The number of rotatable bonds is 5. The minimum atomic E-state index is -0.779. The van der Waals surface area contributed by atoms with E-state index in [0.717, 1.165) is 16.5 Å². The third-order valence-electron chi connectivity index (χ3n) is 6.94. The summed E-state index contributed by atoms with van der Waals surface area (Å²) in [6.45, 7) is 0.970. The Balaban J connectivity index is 1.21. The molecule has 6 rings (SSSR count). The number of nitrogens with zero attached hydrogens (tertiary/aromatic N) is 1. The first-order valence-corrected chi connectivity index (χ1v) is 10.8.